The van der Waals surface area contributed by atoms with Gasteiger partial charge in [0.2, 0.25) is 0 Å². The standard InChI is InChI=1S/C11H13NO3/c1-3-4-11(13)9-7-8(2)5-6-10(9)12(14)15/h5-7H,3-4H2,1-2H3. The predicted octanol–water partition coefficient (Wildman–Crippen LogP) is 2.89. The average Bonchev–Trinajstić information content (AvgIpc) is 2.17. The van der Waals surface area contributed by atoms with E-state index in [9.17, 15) is 14.9 Å². The van der Waals surface area contributed by atoms with Gasteiger partial charge in [-0.25, -0.2) is 0 Å². The average molecular weight is 207 g/mol. The molecule has 15 heavy (non-hydrogen) atoms. The maximum atomic E-state index is 11.6. The highest BCUT2D eigenvalue weighted by Gasteiger charge is 2.18. The third-order valence-corrected chi connectivity index (χ3v) is 2.13. The van der Waals surface area contributed by atoms with Crippen LogP contribution in [0.1, 0.15) is 35.7 Å². The van der Waals surface area contributed by atoms with Gasteiger partial charge in [0.25, 0.3) is 5.69 Å². The zero-order valence-electron chi connectivity index (χ0n) is 8.82. The SMILES string of the molecule is CCCC(=O)c1cc(C)ccc1[N+](=O)[O-]. The van der Waals surface area contributed by atoms with Gasteiger partial charge in [0.1, 0.15) is 0 Å². The van der Waals surface area contributed by atoms with E-state index in [1.165, 1.54) is 6.07 Å². The summed E-state index contributed by atoms with van der Waals surface area (Å²) >= 11 is 0. The van der Waals surface area contributed by atoms with Crippen LogP contribution in [0, 0.1) is 17.0 Å². The molecule has 1 rings (SSSR count). The Kier molecular flexibility index (Phi) is 3.55. The Morgan fingerprint density at radius 2 is 2.13 bits per heavy atom. The summed E-state index contributed by atoms with van der Waals surface area (Å²) in [4.78, 5) is 21.8. The lowest BCUT2D eigenvalue weighted by atomic mass is 10.0. The van der Waals surface area contributed by atoms with Crippen molar-refractivity contribution < 1.29 is 9.72 Å². The van der Waals surface area contributed by atoms with Crippen LogP contribution in [-0.4, -0.2) is 10.7 Å². The molecule has 0 bridgehead atoms. The molecule has 0 amide bonds. The first-order valence-electron chi connectivity index (χ1n) is 4.84. The lowest BCUT2D eigenvalue weighted by Crippen LogP contribution is -2.03. The summed E-state index contributed by atoms with van der Waals surface area (Å²) < 4.78 is 0. The van der Waals surface area contributed by atoms with Gasteiger partial charge in [0.05, 0.1) is 10.5 Å². The summed E-state index contributed by atoms with van der Waals surface area (Å²) in [7, 11) is 0. The predicted molar refractivity (Wildman–Crippen MR) is 57.1 cm³/mol. The summed E-state index contributed by atoms with van der Waals surface area (Å²) in [5, 5.41) is 10.7. The summed E-state index contributed by atoms with van der Waals surface area (Å²) in [6.07, 6.45) is 1.05. The van der Waals surface area contributed by atoms with Crippen molar-refractivity contribution >= 4 is 11.5 Å². The van der Waals surface area contributed by atoms with Gasteiger partial charge < -0.3 is 0 Å². The number of carbonyl (C=O) groups is 1. The number of Topliss-reactive ketones (excluding diaryl/α,β-unsaturated/α-hetero) is 1. The minimum Gasteiger partial charge on any atom is -0.294 e. The normalized spacial score (nSPS) is 10.0. The molecule has 0 N–H and O–H groups in total. The quantitative estimate of drug-likeness (QED) is 0.433. The van der Waals surface area contributed by atoms with Crippen LogP contribution < -0.4 is 0 Å². The zero-order chi connectivity index (χ0) is 11.4. The van der Waals surface area contributed by atoms with Crippen molar-refractivity contribution in [1.82, 2.24) is 0 Å². The van der Waals surface area contributed by atoms with Gasteiger partial charge in [0, 0.05) is 12.5 Å². The van der Waals surface area contributed by atoms with E-state index in [0.717, 1.165) is 5.56 Å². The van der Waals surface area contributed by atoms with Crippen molar-refractivity contribution in [3.05, 3.63) is 39.4 Å². The van der Waals surface area contributed by atoms with Crippen LogP contribution in [0.3, 0.4) is 0 Å². The number of hydrogen-bond donors (Lipinski definition) is 0. The van der Waals surface area contributed by atoms with E-state index < -0.39 is 4.92 Å². The van der Waals surface area contributed by atoms with Gasteiger partial charge in [-0.2, -0.15) is 0 Å². The first kappa shape index (κ1) is 11.4. The Hall–Kier alpha value is -1.71. The summed E-state index contributed by atoms with van der Waals surface area (Å²) in [5.74, 6) is -0.159. The second-order valence-electron chi connectivity index (χ2n) is 3.45. The molecule has 0 aliphatic rings. The molecule has 0 heterocycles. The Morgan fingerprint density at radius 1 is 1.47 bits per heavy atom. The Morgan fingerprint density at radius 3 is 2.67 bits per heavy atom. The lowest BCUT2D eigenvalue weighted by molar-refractivity contribution is -0.385. The molecule has 0 fully saturated rings. The van der Waals surface area contributed by atoms with Gasteiger partial charge in [-0.05, 0) is 25.0 Å². The highest BCUT2D eigenvalue weighted by atomic mass is 16.6. The number of hydrogen-bond acceptors (Lipinski definition) is 3. The lowest BCUT2D eigenvalue weighted by Gasteiger charge is -2.02. The third kappa shape index (κ3) is 2.62. The fraction of sp³-hybridized carbons (Fsp3) is 0.364. The number of rotatable bonds is 4. The second-order valence-corrected chi connectivity index (χ2v) is 3.45. The van der Waals surface area contributed by atoms with E-state index in [1.807, 2.05) is 13.8 Å². The molecule has 0 unspecified atom stereocenters. The molecule has 0 saturated heterocycles. The van der Waals surface area contributed by atoms with E-state index in [-0.39, 0.29) is 17.0 Å². The van der Waals surface area contributed by atoms with Crippen LogP contribution >= 0.6 is 0 Å². The van der Waals surface area contributed by atoms with Gasteiger partial charge in [-0.15, -0.1) is 0 Å². The van der Waals surface area contributed by atoms with E-state index in [2.05, 4.69) is 0 Å². The van der Waals surface area contributed by atoms with Gasteiger partial charge >= 0.3 is 0 Å². The van der Waals surface area contributed by atoms with Crippen molar-refractivity contribution in [2.24, 2.45) is 0 Å². The van der Waals surface area contributed by atoms with Crippen molar-refractivity contribution in [2.75, 3.05) is 0 Å². The van der Waals surface area contributed by atoms with Crippen LogP contribution in [0.4, 0.5) is 5.69 Å². The minimum absolute atomic E-state index is 0.0981. The number of ketones is 1. The first-order valence-corrected chi connectivity index (χ1v) is 4.84. The molecule has 4 nitrogen and oxygen atoms in total. The monoisotopic (exact) mass is 207 g/mol. The van der Waals surface area contributed by atoms with E-state index in [1.54, 1.807) is 12.1 Å². The maximum Gasteiger partial charge on any atom is 0.280 e. The molecule has 0 radical (unpaired) electrons. The second kappa shape index (κ2) is 4.68. The summed E-state index contributed by atoms with van der Waals surface area (Å²) in [6.45, 7) is 3.69. The van der Waals surface area contributed by atoms with E-state index in [4.69, 9.17) is 0 Å². The third-order valence-electron chi connectivity index (χ3n) is 2.13. The van der Waals surface area contributed by atoms with Crippen molar-refractivity contribution in [1.29, 1.82) is 0 Å². The highest BCUT2D eigenvalue weighted by Crippen LogP contribution is 2.21. The van der Waals surface area contributed by atoms with Crippen molar-refractivity contribution in [3.8, 4) is 0 Å². The van der Waals surface area contributed by atoms with Crippen LogP contribution in [0.15, 0.2) is 18.2 Å². The molecule has 0 aliphatic heterocycles. The Labute approximate surface area is 88.1 Å². The highest BCUT2D eigenvalue weighted by molar-refractivity contribution is 5.99. The minimum atomic E-state index is -0.512. The number of aryl methyl sites for hydroxylation is 1. The number of benzene rings is 1. The molecule has 1 aromatic rings. The number of carbonyl (C=O) groups excluding carboxylic acids is 1. The molecule has 80 valence electrons. The Bertz CT molecular complexity index is 399. The summed E-state index contributed by atoms with van der Waals surface area (Å²) in [5.41, 5.74) is 0.987. The van der Waals surface area contributed by atoms with Crippen LogP contribution in [-0.2, 0) is 0 Å². The molecule has 0 spiro atoms. The molecule has 1 aromatic carbocycles. The molecule has 0 saturated carbocycles. The molecular formula is C11H13NO3. The fourth-order valence-electron chi connectivity index (χ4n) is 1.39. The topological polar surface area (TPSA) is 60.2 Å². The molecule has 4 heteroatoms. The van der Waals surface area contributed by atoms with Crippen LogP contribution in [0.25, 0.3) is 0 Å². The fourth-order valence-corrected chi connectivity index (χ4v) is 1.39. The maximum absolute atomic E-state index is 11.6. The van der Waals surface area contributed by atoms with Gasteiger partial charge in [-0.1, -0.05) is 13.0 Å². The van der Waals surface area contributed by atoms with Crippen molar-refractivity contribution in [2.45, 2.75) is 26.7 Å². The van der Waals surface area contributed by atoms with Crippen molar-refractivity contribution in [3.63, 3.8) is 0 Å². The summed E-state index contributed by atoms with van der Waals surface area (Å²) in [6, 6.07) is 4.61. The molecule has 0 aliphatic carbocycles. The van der Waals surface area contributed by atoms with Crippen LogP contribution in [0.2, 0.25) is 0 Å². The van der Waals surface area contributed by atoms with E-state index in [0.29, 0.717) is 12.8 Å². The number of nitro benzene ring substituents is 1. The number of nitro groups is 1. The smallest absolute Gasteiger partial charge is 0.280 e. The number of nitrogens with zero attached hydrogens (tertiary/aromatic N) is 1. The Balaban J connectivity index is 3.18. The van der Waals surface area contributed by atoms with Crippen LogP contribution in [0.5, 0.6) is 0 Å². The molecular weight excluding hydrogens is 194 g/mol. The molecule has 0 aromatic heterocycles. The molecule has 0 atom stereocenters. The zero-order valence-corrected chi connectivity index (χ0v) is 8.82. The van der Waals surface area contributed by atoms with Gasteiger partial charge in [0.15, 0.2) is 5.78 Å². The largest absolute Gasteiger partial charge is 0.294 e. The van der Waals surface area contributed by atoms with Gasteiger partial charge in [-0.3, -0.25) is 14.9 Å². The first-order chi connectivity index (χ1) is 7.06. The van der Waals surface area contributed by atoms with E-state index >= 15 is 0 Å².